The molecule has 0 bridgehead atoms. The van der Waals surface area contributed by atoms with Crippen molar-refractivity contribution < 1.29 is 4.74 Å². The maximum absolute atomic E-state index is 6.12. The Kier molecular flexibility index (Phi) is 2.52. The summed E-state index contributed by atoms with van der Waals surface area (Å²) in [6.45, 7) is 0. The van der Waals surface area contributed by atoms with E-state index in [1.165, 1.54) is 25.0 Å². The Hall–Kier alpha value is -1.97. The van der Waals surface area contributed by atoms with Gasteiger partial charge in [-0.3, -0.25) is 5.10 Å². The molecule has 104 valence electrons. The van der Waals surface area contributed by atoms with Crippen molar-refractivity contribution in [2.24, 2.45) is 11.8 Å². The lowest BCUT2D eigenvalue weighted by atomic mass is 9.99. The van der Waals surface area contributed by atoms with Gasteiger partial charge in [0.1, 0.15) is 5.75 Å². The number of aromatic amines is 1. The Morgan fingerprint density at radius 2 is 2.00 bits per heavy atom. The van der Waals surface area contributed by atoms with Gasteiger partial charge in [-0.05, 0) is 30.7 Å². The van der Waals surface area contributed by atoms with Crippen LogP contribution in [-0.4, -0.2) is 17.3 Å². The van der Waals surface area contributed by atoms with Crippen LogP contribution in [0.3, 0.4) is 0 Å². The third kappa shape index (κ3) is 1.57. The van der Waals surface area contributed by atoms with Crippen LogP contribution in [0.1, 0.15) is 30.9 Å². The summed E-state index contributed by atoms with van der Waals surface area (Å²) < 4.78 is 5.48. The molecule has 0 radical (unpaired) electrons. The van der Waals surface area contributed by atoms with Crippen molar-refractivity contribution in [3.8, 4) is 16.9 Å². The first kappa shape index (κ1) is 11.8. The number of aromatic nitrogens is 2. The number of hydrogen-bond donors (Lipinski definition) is 2. The Balaban J connectivity index is 1.80. The van der Waals surface area contributed by atoms with Gasteiger partial charge in [-0.1, -0.05) is 24.6 Å². The second-order valence-electron chi connectivity index (χ2n) is 5.88. The second-order valence-corrected chi connectivity index (χ2v) is 5.88. The van der Waals surface area contributed by atoms with E-state index in [1.54, 1.807) is 7.11 Å². The lowest BCUT2D eigenvalue weighted by molar-refractivity contribution is 0.416. The van der Waals surface area contributed by atoms with Crippen LogP contribution in [0.25, 0.3) is 11.1 Å². The van der Waals surface area contributed by atoms with Crippen LogP contribution in [0, 0.1) is 11.8 Å². The molecule has 0 amide bonds. The van der Waals surface area contributed by atoms with Gasteiger partial charge in [0.2, 0.25) is 0 Å². The summed E-state index contributed by atoms with van der Waals surface area (Å²) in [6, 6.07) is 8.02. The Bertz CT molecular complexity index is 639. The molecule has 2 fully saturated rings. The maximum Gasteiger partial charge on any atom is 0.153 e. The lowest BCUT2D eigenvalue weighted by Gasteiger charge is -2.10. The molecule has 2 atom stereocenters. The van der Waals surface area contributed by atoms with E-state index in [4.69, 9.17) is 10.5 Å². The minimum atomic E-state index is 0.578. The predicted molar refractivity (Wildman–Crippen MR) is 78.6 cm³/mol. The molecule has 0 saturated heterocycles. The van der Waals surface area contributed by atoms with Crippen LogP contribution in [0.4, 0.5) is 5.82 Å². The number of hydrogen-bond acceptors (Lipinski definition) is 3. The number of H-pyrrole nitrogens is 1. The number of ether oxygens (including phenoxy) is 1. The van der Waals surface area contributed by atoms with Crippen molar-refractivity contribution in [2.75, 3.05) is 12.8 Å². The molecular weight excluding hydrogens is 250 g/mol. The third-order valence-corrected chi connectivity index (χ3v) is 4.94. The largest absolute Gasteiger partial charge is 0.496 e. The van der Waals surface area contributed by atoms with Gasteiger partial charge in [-0.2, -0.15) is 5.10 Å². The number of nitrogens with one attached hydrogen (secondary N) is 1. The Labute approximate surface area is 118 Å². The fraction of sp³-hybridized carbons (Fsp3) is 0.438. The molecule has 3 N–H and O–H groups in total. The van der Waals surface area contributed by atoms with Gasteiger partial charge >= 0.3 is 0 Å². The number of nitrogens with zero attached hydrogens (tertiary/aromatic N) is 1. The van der Waals surface area contributed by atoms with Crippen LogP contribution >= 0.6 is 0 Å². The van der Waals surface area contributed by atoms with Crippen LogP contribution in [0.2, 0.25) is 0 Å². The summed E-state index contributed by atoms with van der Waals surface area (Å²) in [5.74, 6) is 3.72. The molecule has 4 nitrogen and oxygen atoms in total. The summed E-state index contributed by atoms with van der Waals surface area (Å²) >= 11 is 0. The van der Waals surface area contributed by atoms with E-state index in [1.807, 2.05) is 18.2 Å². The maximum atomic E-state index is 6.12. The van der Waals surface area contributed by atoms with Gasteiger partial charge in [-0.25, -0.2) is 0 Å². The third-order valence-electron chi connectivity index (χ3n) is 4.94. The molecule has 20 heavy (non-hydrogen) atoms. The van der Waals surface area contributed by atoms with Crippen LogP contribution < -0.4 is 10.5 Å². The first-order valence-corrected chi connectivity index (χ1v) is 7.28. The first-order valence-electron chi connectivity index (χ1n) is 7.28. The second kappa shape index (κ2) is 4.27. The normalized spacial score (nSPS) is 27.4. The van der Waals surface area contributed by atoms with E-state index >= 15 is 0 Å². The molecule has 4 heteroatoms. The number of para-hydroxylation sites is 1. The highest BCUT2D eigenvalue weighted by molar-refractivity contribution is 5.81. The lowest BCUT2D eigenvalue weighted by Crippen LogP contribution is -1.95. The highest BCUT2D eigenvalue weighted by atomic mass is 16.5. The quantitative estimate of drug-likeness (QED) is 0.899. The number of methoxy groups -OCH3 is 1. The van der Waals surface area contributed by atoms with Crippen molar-refractivity contribution in [2.45, 2.75) is 25.2 Å². The molecule has 1 aromatic heterocycles. The summed E-state index contributed by atoms with van der Waals surface area (Å²) in [7, 11) is 1.70. The summed E-state index contributed by atoms with van der Waals surface area (Å²) in [6.07, 6.45) is 4.07. The highest BCUT2D eigenvalue weighted by Crippen LogP contribution is 2.64. The van der Waals surface area contributed by atoms with Gasteiger partial charge in [0.15, 0.2) is 5.82 Å². The average Bonchev–Trinajstić information content (AvgIpc) is 2.84. The fourth-order valence-corrected chi connectivity index (χ4v) is 4.00. The number of benzene rings is 1. The van der Waals surface area contributed by atoms with Gasteiger partial charge < -0.3 is 10.5 Å². The number of nitrogens with two attached hydrogens (primary N) is 1. The van der Waals surface area contributed by atoms with E-state index in [0.717, 1.165) is 28.7 Å². The monoisotopic (exact) mass is 269 g/mol. The molecule has 2 saturated carbocycles. The summed E-state index contributed by atoms with van der Waals surface area (Å²) in [5, 5.41) is 7.44. The molecule has 1 heterocycles. The SMILES string of the molecule is COc1ccccc1-c1c(N)n[nH]c1C1C2CCCC21. The molecule has 0 spiro atoms. The minimum Gasteiger partial charge on any atom is -0.496 e. The zero-order valence-corrected chi connectivity index (χ0v) is 11.6. The summed E-state index contributed by atoms with van der Waals surface area (Å²) in [4.78, 5) is 0. The molecule has 2 aromatic rings. The van der Waals surface area contributed by atoms with Crippen molar-refractivity contribution in [3.63, 3.8) is 0 Å². The van der Waals surface area contributed by atoms with E-state index < -0.39 is 0 Å². The summed E-state index contributed by atoms with van der Waals surface area (Å²) in [5.41, 5.74) is 9.41. The molecule has 1 aromatic carbocycles. The van der Waals surface area contributed by atoms with E-state index in [-0.39, 0.29) is 0 Å². The van der Waals surface area contributed by atoms with E-state index in [9.17, 15) is 0 Å². The highest BCUT2D eigenvalue weighted by Gasteiger charge is 2.55. The van der Waals surface area contributed by atoms with Gasteiger partial charge in [0.05, 0.1) is 12.7 Å². The van der Waals surface area contributed by atoms with Crippen molar-refractivity contribution in [3.05, 3.63) is 30.0 Å². The number of nitrogen functional groups attached to an aromatic ring is 1. The predicted octanol–water partition coefficient (Wildman–Crippen LogP) is 3.18. The molecule has 0 aliphatic heterocycles. The van der Waals surface area contributed by atoms with Gasteiger partial charge in [0, 0.05) is 17.2 Å². The van der Waals surface area contributed by atoms with Crippen molar-refractivity contribution in [1.82, 2.24) is 10.2 Å². The topological polar surface area (TPSA) is 63.9 Å². The number of fused-ring (bicyclic) bond motifs is 1. The average molecular weight is 269 g/mol. The van der Waals surface area contributed by atoms with Gasteiger partial charge in [0.25, 0.3) is 0 Å². The van der Waals surface area contributed by atoms with Crippen molar-refractivity contribution in [1.29, 1.82) is 0 Å². The van der Waals surface area contributed by atoms with Crippen LogP contribution in [-0.2, 0) is 0 Å². The smallest absolute Gasteiger partial charge is 0.153 e. The van der Waals surface area contributed by atoms with Crippen molar-refractivity contribution >= 4 is 5.82 Å². The molecule has 4 rings (SSSR count). The van der Waals surface area contributed by atoms with Crippen LogP contribution in [0.15, 0.2) is 24.3 Å². The van der Waals surface area contributed by atoms with Crippen LogP contribution in [0.5, 0.6) is 5.75 Å². The van der Waals surface area contributed by atoms with Gasteiger partial charge in [-0.15, -0.1) is 0 Å². The number of anilines is 1. The fourth-order valence-electron chi connectivity index (χ4n) is 4.00. The standard InChI is InChI=1S/C16H19N3O/c1-20-12-8-3-2-5-11(12)14-15(18-19-16(14)17)13-9-6-4-7-10(9)13/h2-3,5,8-10,13H,4,6-7H2,1H3,(H3,17,18,19). The zero-order chi connectivity index (χ0) is 13.7. The minimum absolute atomic E-state index is 0.578. The van der Waals surface area contributed by atoms with E-state index in [2.05, 4.69) is 16.3 Å². The molecule has 2 aliphatic carbocycles. The van der Waals surface area contributed by atoms with E-state index in [0.29, 0.717) is 11.7 Å². The molecular formula is C16H19N3O. The first-order chi connectivity index (χ1) is 9.81. The Morgan fingerprint density at radius 3 is 2.75 bits per heavy atom. The molecule has 2 unspecified atom stereocenters. The number of rotatable bonds is 3. The molecule has 2 aliphatic rings. The zero-order valence-electron chi connectivity index (χ0n) is 11.6. The Morgan fingerprint density at radius 1 is 1.25 bits per heavy atom.